The predicted octanol–water partition coefficient (Wildman–Crippen LogP) is -1.61. The summed E-state index contributed by atoms with van der Waals surface area (Å²) in [5.74, 6) is -0.0462. The Kier molecular flexibility index (Phi) is 6.97. The van der Waals surface area contributed by atoms with Crippen molar-refractivity contribution < 1.29 is 42.8 Å². The van der Waals surface area contributed by atoms with E-state index in [-0.39, 0.29) is 36.0 Å². The number of aliphatic hydroxyl groups is 2. The number of imidazole rings is 2. The molecule has 236 valence electrons. The van der Waals surface area contributed by atoms with Gasteiger partial charge in [-0.3, -0.25) is 18.9 Å². The van der Waals surface area contributed by atoms with Gasteiger partial charge in [-0.05, 0) is 11.8 Å². The maximum Gasteiger partial charge on any atom is 0.325 e. The van der Waals surface area contributed by atoms with E-state index in [0.717, 1.165) is 0 Å². The number of nitrogens with two attached hydrogens (primary N) is 2. The highest BCUT2D eigenvalue weighted by molar-refractivity contribution is 8.07. The van der Waals surface area contributed by atoms with E-state index in [2.05, 4.69) is 29.9 Å². The van der Waals surface area contributed by atoms with Gasteiger partial charge in [0.05, 0.1) is 32.5 Å². The van der Waals surface area contributed by atoms with Gasteiger partial charge in [0.1, 0.15) is 48.0 Å². The number of fused-ring (bicyclic) bond motifs is 4. The van der Waals surface area contributed by atoms with Crippen molar-refractivity contribution >= 4 is 52.6 Å². The summed E-state index contributed by atoms with van der Waals surface area (Å²) in [7, 11) is 0. The number of aromatic amines is 1. The lowest BCUT2D eigenvalue weighted by molar-refractivity contribution is -0.183. The van der Waals surface area contributed by atoms with Crippen LogP contribution in [0.5, 0.6) is 0 Å². The molecule has 0 aromatic carbocycles. The molecule has 8 N–H and O–H groups in total. The number of aliphatic hydroxyl groups excluding tert-OH is 2. The highest BCUT2D eigenvalue weighted by atomic mass is 32.5. The molecule has 2 unspecified atom stereocenters. The number of rotatable bonds is 9. The number of anilines is 2. The average Bonchev–Trinajstić information content (AvgIpc) is 3.80. The van der Waals surface area contributed by atoms with Crippen LogP contribution in [-0.4, -0.2) is 110 Å². The third kappa shape index (κ3) is 4.59. The maximum absolute atomic E-state index is 14.1. The highest BCUT2D eigenvalue weighted by Gasteiger charge is 2.63. The van der Waals surface area contributed by atoms with Crippen LogP contribution in [0.25, 0.3) is 22.3 Å². The van der Waals surface area contributed by atoms with Crippen molar-refractivity contribution in [3.05, 3.63) is 29.3 Å². The van der Waals surface area contributed by atoms with Crippen LogP contribution in [0.2, 0.25) is 0 Å². The Bertz CT molecular complexity index is 1850. The monoisotopic (exact) mass is 656 g/mol. The number of hydrogen-bond donors (Lipinski definition) is 6. The molecule has 7 rings (SSSR count). The van der Waals surface area contributed by atoms with Crippen molar-refractivity contribution in [1.82, 2.24) is 39.0 Å². The lowest BCUT2D eigenvalue weighted by atomic mass is 10.0. The van der Waals surface area contributed by atoms with Gasteiger partial charge in [0.2, 0.25) is 5.95 Å². The van der Waals surface area contributed by atoms with E-state index in [1.165, 1.54) is 23.5 Å². The number of nitrogen functional groups attached to an aromatic ring is 2. The Morgan fingerprint density at radius 2 is 1.91 bits per heavy atom. The van der Waals surface area contributed by atoms with Crippen LogP contribution < -0.4 is 17.0 Å². The smallest absolute Gasteiger partial charge is 0.325 e. The second-order valence-electron chi connectivity index (χ2n) is 10.7. The van der Waals surface area contributed by atoms with Gasteiger partial charge in [0.25, 0.3) is 5.56 Å². The topological polar surface area (TPSA) is 266 Å². The minimum atomic E-state index is -4.18. The molecule has 8 atom stereocenters. The van der Waals surface area contributed by atoms with E-state index >= 15 is 0 Å². The first-order valence-corrected chi connectivity index (χ1v) is 15.7. The molecule has 22 heteroatoms. The number of nitrogens with zero attached hydrogens (tertiary/aromatic N) is 7. The van der Waals surface area contributed by atoms with E-state index in [9.17, 15) is 24.3 Å². The van der Waals surface area contributed by atoms with Crippen LogP contribution in [0, 0.1) is 0 Å². The SMILES string of the molecule is Nc1nc2c(ncn2[C@@H]2O[C@@](CO)(CF)C[C@H]2OP(O)(=S)OCC23CO[C@@H]([C@H](n4cnc5c(N)ncnc54)O2)[C@@H]3O)c(=O)[nH]1. The number of alkyl halides is 1. The molecular formula is C22H26FN10O9PS. The summed E-state index contributed by atoms with van der Waals surface area (Å²) < 4.78 is 46.3. The summed E-state index contributed by atoms with van der Waals surface area (Å²) in [6, 6.07) is 0. The Hall–Kier alpha value is -3.24. The fourth-order valence-corrected chi connectivity index (χ4v) is 7.17. The second kappa shape index (κ2) is 10.4. The first-order valence-electron chi connectivity index (χ1n) is 13.1. The minimum Gasteiger partial charge on any atom is -0.393 e. The van der Waals surface area contributed by atoms with Crippen LogP contribution in [0.15, 0.2) is 23.8 Å². The second-order valence-corrected chi connectivity index (χ2v) is 13.5. The van der Waals surface area contributed by atoms with Crippen molar-refractivity contribution in [2.45, 2.75) is 48.4 Å². The molecule has 0 amide bonds. The molecule has 4 aromatic rings. The van der Waals surface area contributed by atoms with E-state index in [1.807, 2.05) is 0 Å². The van der Waals surface area contributed by atoms with Gasteiger partial charge >= 0.3 is 6.72 Å². The largest absolute Gasteiger partial charge is 0.393 e. The summed E-state index contributed by atoms with van der Waals surface area (Å²) in [5.41, 5.74) is 8.38. The molecule has 4 aromatic heterocycles. The number of halogens is 1. The minimum absolute atomic E-state index is 0.00906. The third-order valence-corrected chi connectivity index (χ3v) is 9.49. The lowest BCUT2D eigenvalue weighted by Crippen LogP contribution is -2.44. The van der Waals surface area contributed by atoms with Gasteiger partial charge in [-0.1, -0.05) is 0 Å². The Morgan fingerprint density at radius 1 is 1.16 bits per heavy atom. The van der Waals surface area contributed by atoms with Crippen LogP contribution in [-0.2, 0) is 35.1 Å². The molecular weight excluding hydrogens is 630 g/mol. The summed E-state index contributed by atoms with van der Waals surface area (Å²) >= 11 is 5.29. The van der Waals surface area contributed by atoms with Gasteiger partial charge in [-0.2, -0.15) is 4.98 Å². The van der Waals surface area contributed by atoms with Crippen LogP contribution in [0.1, 0.15) is 18.9 Å². The standard InChI is InChI=1S/C22H26FN10O9PS/c23-2-21(3-34)1-9(18(40-21)33-8-29-11-16(33)30-20(25)31-17(11)36)42-43(37,44)39-5-22-4-38-12(13(22)35)19(41-22)32-7-28-10-14(24)26-6-27-15(10)32/h6-9,12-13,18-19,34-35H,1-5H2,(H,37,44)(H2,24,26,27)(H3,25,30,31,36)/t9-,12-,13+,18-,19-,21-,22?,43?/m1/s1. The van der Waals surface area contributed by atoms with Crippen molar-refractivity contribution in [3.63, 3.8) is 0 Å². The van der Waals surface area contributed by atoms with E-state index < -0.39 is 74.1 Å². The summed E-state index contributed by atoms with van der Waals surface area (Å²) in [4.78, 5) is 46.2. The van der Waals surface area contributed by atoms with Gasteiger partial charge in [-0.25, -0.2) is 24.3 Å². The molecule has 19 nitrogen and oxygen atoms in total. The molecule has 0 saturated carbocycles. The van der Waals surface area contributed by atoms with Crippen molar-refractivity contribution in [2.75, 3.05) is 38.0 Å². The summed E-state index contributed by atoms with van der Waals surface area (Å²) in [6.45, 7) is -6.57. The molecule has 3 saturated heterocycles. The zero-order valence-corrected chi connectivity index (χ0v) is 24.2. The number of H-pyrrole nitrogens is 1. The lowest BCUT2D eigenvalue weighted by Gasteiger charge is -2.32. The van der Waals surface area contributed by atoms with Crippen LogP contribution >= 0.6 is 6.72 Å². The Balaban J connectivity index is 1.12. The predicted molar refractivity (Wildman–Crippen MR) is 149 cm³/mol. The van der Waals surface area contributed by atoms with E-state index in [4.69, 9.17) is 46.5 Å². The molecule has 0 aliphatic carbocycles. The number of ether oxygens (including phenoxy) is 3. The van der Waals surface area contributed by atoms with Gasteiger partial charge < -0.3 is 49.8 Å². The zero-order chi connectivity index (χ0) is 31.0. The first kappa shape index (κ1) is 29.5. The average molecular weight is 657 g/mol. The Morgan fingerprint density at radius 3 is 2.66 bits per heavy atom. The molecule has 2 bridgehead atoms. The van der Waals surface area contributed by atoms with Gasteiger partial charge in [0.15, 0.2) is 35.1 Å². The summed E-state index contributed by atoms with van der Waals surface area (Å²) in [6.07, 6.45) is -1.75. The van der Waals surface area contributed by atoms with Crippen LogP contribution in [0.3, 0.4) is 0 Å². The third-order valence-electron chi connectivity index (χ3n) is 7.93. The van der Waals surface area contributed by atoms with Gasteiger partial charge in [-0.15, -0.1) is 0 Å². The maximum atomic E-state index is 14.1. The number of nitrogens with one attached hydrogen (secondary N) is 1. The summed E-state index contributed by atoms with van der Waals surface area (Å²) in [5, 5.41) is 21.0. The van der Waals surface area contributed by atoms with E-state index in [0.29, 0.717) is 11.2 Å². The highest BCUT2D eigenvalue weighted by Crippen LogP contribution is 2.54. The zero-order valence-electron chi connectivity index (χ0n) is 22.5. The van der Waals surface area contributed by atoms with Crippen molar-refractivity contribution in [3.8, 4) is 0 Å². The van der Waals surface area contributed by atoms with Crippen molar-refractivity contribution in [2.24, 2.45) is 0 Å². The fourth-order valence-electron chi connectivity index (χ4n) is 5.72. The first-order chi connectivity index (χ1) is 21.0. The van der Waals surface area contributed by atoms with Crippen LogP contribution in [0.4, 0.5) is 16.2 Å². The molecule has 3 fully saturated rings. The van der Waals surface area contributed by atoms with Gasteiger partial charge in [0, 0.05) is 6.42 Å². The Labute approximate surface area is 250 Å². The normalized spacial score (nSPS) is 33.0. The molecule has 0 radical (unpaired) electrons. The number of aromatic nitrogens is 8. The molecule has 7 heterocycles. The van der Waals surface area contributed by atoms with E-state index in [1.54, 1.807) is 4.57 Å². The fraction of sp³-hybridized carbons (Fsp3) is 0.545. The quantitative estimate of drug-likeness (QED) is 0.111. The number of hydrogen-bond acceptors (Lipinski definition) is 16. The molecule has 44 heavy (non-hydrogen) atoms. The molecule has 3 aliphatic heterocycles. The molecule has 3 aliphatic rings. The van der Waals surface area contributed by atoms with Crippen molar-refractivity contribution in [1.29, 1.82) is 0 Å². The molecule has 0 spiro atoms.